The summed E-state index contributed by atoms with van der Waals surface area (Å²) in [7, 11) is 3.24. The number of benzene rings is 2. The quantitative estimate of drug-likeness (QED) is 0.400. The number of piperidine rings is 1. The van der Waals surface area contributed by atoms with Crippen LogP contribution in [-0.4, -0.2) is 36.6 Å². The summed E-state index contributed by atoms with van der Waals surface area (Å²) in [6, 6.07) is 13.0. The van der Waals surface area contributed by atoms with E-state index in [4.69, 9.17) is 32.7 Å². The van der Waals surface area contributed by atoms with Gasteiger partial charge in [-0.1, -0.05) is 42.3 Å². The monoisotopic (exact) mass is 484 g/mol. The minimum Gasteiger partial charge on any atom is -0.496 e. The first-order chi connectivity index (χ1) is 15.9. The minimum atomic E-state index is 0.0102. The fourth-order valence-corrected chi connectivity index (χ4v) is 4.67. The standard InChI is InChI=1S/C26H26Cl2N2O3/c1-16-5-4-12-30(26(16)31)15-20-22(32-2)14-23(33-3)25(21-13-19(28)10-11-29-21)24(20)17-6-8-18(27)9-7-17/h6-11,13-14,16H,4-5,12,15H2,1-3H3. The van der Waals surface area contributed by atoms with Gasteiger partial charge in [0.15, 0.2) is 0 Å². The van der Waals surface area contributed by atoms with Crippen molar-refractivity contribution in [3.8, 4) is 33.9 Å². The van der Waals surface area contributed by atoms with Gasteiger partial charge in [-0.05, 0) is 42.7 Å². The largest absolute Gasteiger partial charge is 0.496 e. The zero-order valence-corrected chi connectivity index (χ0v) is 20.4. The van der Waals surface area contributed by atoms with Gasteiger partial charge in [-0.2, -0.15) is 0 Å². The predicted octanol–water partition coefficient (Wildman–Crippen LogP) is 6.50. The van der Waals surface area contributed by atoms with E-state index in [-0.39, 0.29) is 11.8 Å². The van der Waals surface area contributed by atoms with E-state index in [9.17, 15) is 4.79 Å². The van der Waals surface area contributed by atoms with Gasteiger partial charge in [0, 0.05) is 52.4 Å². The molecule has 1 aliphatic heterocycles. The molecule has 1 saturated heterocycles. The Morgan fingerprint density at radius 2 is 1.73 bits per heavy atom. The van der Waals surface area contributed by atoms with Crippen LogP contribution in [0.4, 0.5) is 0 Å². The normalized spacial score (nSPS) is 16.1. The van der Waals surface area contributed by atoms with Gasteiger partial charge in [-0.3, -0.25) is 9.78 Å². The highest BCUT2D eigenvalue weighted by Gasteiger charge is 2.29. The van der Waals surface area contributed by atoms with Crippen LogP contribution in [0.3, 0.4) is 0 Å². The Hall–Kier alpha value is -2.76. The van der Waals surface area contributed by atoms with Crippen LogP contribution in [0, 0.1) is 5.92 Å². The lowest BCUT2D eigenvalue weighted by Crippen LogP contribution is -2.39. The fourth-order valence-electron chi connectivity index (χ4n) is 4.39. The number of hydrogen-bond donors (Lipinski definition) is 0. The number of rotatable bonds is 6. The van der Waals surface area contributed by atoms with Crippen LogP contribution in [0.15, 0.2) is 48.7 Å². The van der Waals surface area contributed by atoms with Crippen molar-refractivity contribution in [2.45, 2.75) is 26.3 Å². The number of likely N-dealkylation sites (tertiary alicyclic amines) is 1. The molecule has 0 aliphatic carbocycles. The van der Waals surface area contributed by atoms with Gasteiger partial charge < -0.3 is 14.4 Å². The van der Waals surface area contributed by atoms with Crippen LogP contribution < -0.4 is 9.47 Å². The third-order valence-electron chi connectivity index (χ3n) is 6.06. The molecule has 1 amide bonds. The summed E-state index contributed by atoms with van der Waals surface area (Å²) in [6.07, 6.45) is 3.56. The number of hydrogen-bond acceptors (Lipinski definition) is 4. The van der Waals surface area contributed by atoms with Crippen LogP contribution in [-0.2, 0) is 11.3 Å². The Morgan fingerprint density at radius 3 is 2.39 bits per heavy atom. The molecule has 1 aromatic heterocycles. The van der Waals surface area contributed by atoms with Gasteiger partial charge in [0.05, 0.1) is 25.5 Å². The average Bonchev–Trinajstić information content (AvgIpc) is 2.82. The van der Waals surface area contributed by atoms with E-state index < -0.39 is 0 Å². The Bertz CT molecular complexity index is 1160. The number of methoxy groups -OCH3 is 2. The number of carbonyl (C=O) groups is 1. The Labute approximate surface area is 204 Å². The second kappa shape index (κ2) is 10.0. The van der Waals surface area contributed by atoms with Gasteiger partial charge in [0.25, 0.3) is 0 Å². The zero-order valence-electron chi connectivity index (χ0n) is 18.9. The third-order valence-corrected chi connectivity index (χ3v) is 6.54. The van der Waals surface area contributed by atoms with Crippen molar-refractivity contribution in [2.75, 3.05) is 20.8 Å². The van der Waals surface area contributed by atoms with E-state index in [1.54, 1.807) is 26.5 Å². The summed E-state index contributed by atoms with van der Waals surface area (Å²) in [4.78, 5) is 19.4. The molecular weight excluding hydrogens is 459 g/mol. The molecule has 5 nitrogen and oxygen atoms in total. The molecule has 7 heteroatoms. The molecule has 0 radical (unpaired) electrons. The molecule has 1 atom stereocenters. The van der Waals surface area contributed by atoms with Crippen molar-refractivity contribution >= 4 is 29.1 Å². The van der Waals surface area contributed by atoms with Crippen LogP contribution in [0.25, 0.3) is 22.4 Å². The van der Waals surface area contributed by atoms with Crippen molar-refractivity contribution in [2.24, 2.45) is 5.92 Å². The van der Waals surface area contributed by atoms with E-state index in [1.807, 2.05) is 48.2 Å². The molecule has 1 fully saturated rings. The van der Waals surface area contributed by atoms with Gasteiger partial charge in [-0.25, -0.2) is 0 Å². The molecule has 3 aromatic rings. The van der Waals surface area contributed by atoms with E-state index in [0.29, 0.717) is 40.3 Å². The molecule has 1 aliphatic rings. The molecule has 0 N–H and O–H groups in total. The molecule has 2 aromatic carbocycles. The Kier molecular flexibility index (Phi) is 7.11. The minimum absolute atomic E-state index is 0.0102. The van der Waals surface area contributed by atoms with Crippen LogP contribution in [0.5, 0.6) is 11.5 Å². The first kappa shape index (κ1) is 23.4. The molecule has 0 bridgehead atoms. The second-order valence-electron chi connectivity index (χ2n) is 8.18. The third kappa shape index (κ3) is 4.80. The van der Waals surface area contributed by atoms with E-state index >= 15 is 0 Å². The summed E-state index contributed by atoms with van der Waals surface area (Å²) in [5, 5.41) is 1.21. The lowest BCUT2D eigenvalue weighted by atomic mass is 9.89. The van der Waals surface area contributed by atoms with Crippen LogP contribution in [0.2, 0.25) is 10.0 Å². The van der Waals surface area contributed by atoms with Gasteiger partial charge in [0.1, 0.15) is 11.5 Å². The SMILES string of the molecule is COc1cc(OC)c(-c2cc(Cl)ccn2)c(-c2ccc(Cl)cc2)c1CN1CCCC(C)C1=O. The Balaban J connectivity index is 2.00. The first-order valence-corrected chi connectivity index (χ1v) is 11.6. The second-order valence-corrected chi connectivity index (χ2v) is 9.05. The molecule has 1 unspecified atom stereocenters. The number of pyridine rings is 1. The molecule has 172 valence electrons. The summed E-state index contributed by atoms with van der Waals surface area (Å²) in [6.45, 7) is 3.12. The molecule has 0 saturated carbocycles. The number of aromatic nitrogens is 1. The number of halogens is 2. The topological polar surface area (TPSA) is 51.7 Å². The summed E-state index contributed by atoms with van der Waals surface area (Å²) in [5.74, 6) is 1.42. The number of carbonyl (C=O) groups excluding carboxylic acids is 1. The smallest absolute Gasteiger partial charge is 0.225 e. The highest BCUT2D eigenvalue weighted by atomic mass is 35.5. The highest BCUT2D eigenvalue weighted by Crippen LogP contribution is 2.46. The molecule has 4 rings (SSSR count). The maximum absolute atomic E-state index is 13.0. The lowest BCUT2D eigenvalue weighted by Gasteiger charge is -2.32. The summed E-state index contributed by atoms with van der Waals surface area (Å²) >= 11 is 12.5. The van der Waals surface area contributed by atoms with E-state index in [2.05, 4.69) is 4.98 Å². The Morgan fingerprint density at radius 1 is 1.00 bits per heavy atom. The average molecular weight is 485 g/mol. The highest BCUT2D eigenvalue weighted by molar-refractivity contribution is 6.31. The van der Waals surface area contributed by atoms with Crippen molar-refractivity contribution in [1.29, 1.82) is 0 Å². The van der Waals surface area contributed by atoms with Crippen molar-refractivity contribution in [1.82, 2.24) is 9.88 Å². The molecular formula is C26H26Cl2N2O3. The van der Waals surface area contributed by atoms with E-state index in [0.717, 1.165) is 35.1 Å². The first-order valence-electron chi connectivity index (χ1n) is 10.9. The van der Waals surface area contributed by atoms with Crippen LogP contribution >= 0.6 is 23.2 Å². The van der Waals surface area contributed by atoms with Gasteiger partial charge in [-0.15, -0.1) is 0 Å². The van der Waals surface area contributed by atoms with Crippen molar-refractivity contribution in [3.63, 3.8) is 0 Å². The maximum Gasteiger partial charge on any atom is 0.225 e. The molecule has 2 heterocycles. The molecule has 33 heavy (non-hydrogen) atoms. The van der Waals surface area contributed by atoms with Crippen LogP contribution in [0.1, 0.15) is 25.3 Å². The summed E-state index contributed by atoms with van der Waals surface area (Å²) < 4.78 is 11.6. The van der Waals surface area contributed by atoms with E-state index in [1.165, 1.54) is 0 Å². The zero-order chi connectivity index (χ0) is 23.5. The predicted molar refractivity (Wildman–Crippen MR) is 132 cm³/mol. The number of amides is 1. The maximum atomic E-state index is 13.0. The molecule has 0 spiro atoms. The van der Waals surface area contributed by atoms with Crippen molar-refractivity contribution < 1.29 is 14.3 Å². The number of nitrogens with zero attached hydrogens (tertiary/aromatic N) is 2. The van der Waals surface area contributed by atoms with Gasteiger partial charge in [0.2, 0.25) is 5.91 Å². The van der Waals surface area contributed by atoms with Crippen molar-refractivity contribution in [3.05, 3.63) is 64.3 Å². The number of ether oxygens (including phenoxy) is 2. The lowest BCUT2D eigenvalue weighted by molar-refractivity contribution is -0.138. The van der Waals surface area contributed by atoms with Gasteiger partial charge >= 0.3 is 0 Å². The fraction of sp³-hybridized carbons (Fsp3) is 0.308. The summed E-state index contributed by atoms with van der Waals surface area (Å²) in [5.41, 5.74) is 4.14.